The molecule has 2 heterocycles. The fourth-order valence-electron chi connectivity index (χ4n) is 2.83. The van der Waals surface area contributed by atoms with Gasteiger partial charge in [0.25, 0.3) is 0 Å². The van der Waals surface area contributed by atoms with Gasteiger partial charge in [0.2, 0.25) is 0 Å². The molecule has 1 aromatic rings. The van der Waals surface area contributed by atoms with Gasteiger partial charge in [-0.2, -0.15) is 0 Å². The Morgan fingerprint density at radius 2 is 1.56 bits per heavy atom. The zero-order valence-electron chi connectivity index (χ0n) is 9.47. The van der Waals surface area contributed by atoms with E-state index >= 15 is 0 Å². The van der Waals surface area contributed by atoms with Gasteiger partial charge in [0.15, 0.2) is 0 Å². The fraction of sp³-hybridized carbons (Fsp3) is 0.500. The van der Waals surface area contributed by atoms with Gasteiger partial charge in [-0.05, 0) is 25.9 Å². The highest BCUT2D eigenvalue weighted by atomic mass is 16.6. The maximum atomic E-state index is 6.02. The number of hydrogen-bond acceptors (Lipinski definition) is 3. The summed E-state index contributed by atoms with van der Waals surface area (Å²) in [6.45, 7) is 2.47. The van der Waals surface area contributed by atoms with Crippen LogP contribution in [0.5, 0.6) is 0 Å². The predicted molar refractivity (Wildman–Crippen MR) is 64.5 cm³/mol. The van der Waals surface area contributed by atoms with E-state index in [0.717, 1.165) is 39.1 Å². The summed E-state index contributed by atoms with van der Waals surface area (Å²) in [5, 5.41) is 0. The molecule has 0 saturated carbocycles. The molecule has 0 spiro atoms. The smallest absolute Gasteiger partial charge is 0.347 e. The van der Waals surface area contributed by atoms with Crippen LogP contribution in [0.1, 0.15) is 12.8 Å². The van der Waals surface area contributed by atoms with E-state index in [1.807, 2.05) is 6.07 Å². The lowest BCUT2D eigenvalue weighted by molar-refractivity contribution is 0.0603. The molecule has 0 radical (unpaired) electrons. The van der Waals surface area contributed by atoms with Gasteiger partial charge >= 0.3 is 6.69 Å². The molecule has 0 aliphatic carbocycles. The Bertz CT molecular complexity index is 345. The minimum atomic E-state index is -1.34. The lowest BCUT2D eigenvalue weighted by Gasteiger charge is -2.56. The molecule has 0 N–H and O–H groups in total. The number of fused-ring (bicyclic) bond motifs is 1. The van der Waals surface area contributed by atoms with Gasteiger partial charge in [-0.15, -0.1) is 5.46 Å². The summed E-state index contributed by atoms with van der Waals surface area (Å²) in [5.41, 5.74) is 1.18. The van der Waals surface area contributed by atoms with Crippen molar-refractivity contribution in [2.45, 2.75) is 12.8 Å². The third kappa shape index (κ3) is 1.58. The number of hydrogen-bond donors (Lipinski definition) is 0. The van der Waals surface area contributed by atoms with E-state index in [0.29, 0.717) is 0 Å². The van der Waals surface area contributed by atoms with Gasteiger partial charge in [0.1, 0.15) is 0 Å². The number of rotatable bonds is 1. The van der Waals surface area contributed by atoms with Crippen LogP contribution in [0.25, 0.3) is 0 Å². The second-order valence-electron chi connectivity index (χ2n) is 4.57. The molecule has 16 heavy (non-hydrogen) atoms. The highest BCUT2D eigenvalue weighted by molar-refractivity contribution is 6.78. The molecule has 2 aliphatic heterocycles. The van der Waals surface area contributed by atoms with E-state index in [2.05, 4.69) is 29.1 Å². The van der Waals surface area contributed by atoms with E-state index in [-0.39, 0.29) is 0 Å². The zero-order valence-corrected chi connectivity index (χ0v) is 9.47. The van der Waals surface area contributed by atoms with E-state index < -0.39 is 6.69 Å². The first-order chi connectivity index (χ1) is 7.92. The molecular formula is C12H17BNO2-. The molecule has 2 fully saturated rings. The highest BCUT2D eigenvalue weighted by Gasteiger charge is 2.39. The van der Waals surface area contributed by atoms with E-state index in [1.165, 1.54) is 5.46 Å². The monoisotopic (exact) mass is 218 g/mol. The van der Waals surface area contributed by atoms with E-state index in [1.54, 1.807) is 0 Å². The van der Waals surface area contributed by atoms with Crippen LogP contribution in [0, 0.1) is 0 Å². The van der Waals surface area contributed by atoms with Crippen molar-refractivity contribution in [1.29, 1.82) is 0 Å². The van der Waals surface area contributed by atoms with Gasteiger partial charge < -0.3 is 14.1 Å². The number of benzene rings is 1. The minimum absolute atomic E-state index is 0.811. The zero-order chi connectivity index (χ0) is 10.8. The molecule has 2 saturated heterocycles. The molecule has 0 aromatic heterocycles. The van der Waals surface area contributed by atoms with Gasteiger partial charge in [-0.3, -0.25) is 0 Å². The SMILES string of the molecule is c1ccc([B-]23OCCCN2CCCO3)cc1. The first-order valence-electron chi connectivity index (χ1n) is 6.14. The Morgan fingerprint density at radius 1 is 0.938 bits per heavy atom. The van der Waals surface area contributed by atoms with Crippen LogP contribution in [0.2, 0.25) is 0 Å². The maximum absolute atomic E-state index is 6.02. The summed E-state index contributed by atoms with van der Waals surface area (Å²) >= 11 is 0. The molecule has 2 aliphatic rings. The minimum Gasteiger partial charge on any atom is -0.551 e. The summed E-state index contributed by atoms with van der Waals surface area (Å²) in [5.74, 6) is 0. The van der Waals surface area contributed by atoms with Crippen molar-refractivity contribution in [3.05, 3.63) is 30.3 Å². The first kappa shape index (κ1) is 10.3. The van der Waals surface area contributed by atoms with Gasteiger partial charge in [-0.1, -0.05) is 30.3 Å². The summed E-state index contributed by atoms with van der Waals surface area (Å²) < 4.78 is 12.0. The summed E-state index contributed by atoms with van der Waals surface area (Å²) in [4.78, 5) is 2.38. The highest BCUT2D eigenvalue weighted by Crippen LogP contribution is 2.23. The average Bonchev–Trinajstić information content (AvgIpc) is 2.40. The summed E-state index contributed by atoms with van der Waals surface area (Å²) in [6, 6.07) is 10.4. The Morgan fingerprint density at radius 3 is 2.19 bits per heavy atom. The van der Waals surface area contributed by atoms with Crippen LogP contribution < -0.4 is 5.46 Å². The molecule has 0 unspecified atom stereocenters. The molecule has 86 valence electrons. The van der Waals surface area contributed by atoms with Crippen molar-refractivity contribution in [2.75, 3.05) is 26.3 Å². The summed E-state index contributed by atoms with van der Waals surface area (Å²) in [6.07, 6.45) is 2.22. The molecule has 3 nitrogen and oxygen atoms in total. The number of nitrogens with zero attached hydrogens (tertiary/aromatic N) is 1. The Balaban J connectivity index is 1.98. The Kier molecular flexibility index (Phi) is 2.71. The third-order valence-electron chi connectivity index (χ3n) is 3.57. The molecule has 4 heteroatoms. The van der Waals surface area contributed by atoms with Crippen LogP contribution >= 0.6 is 0 Å². The van der Waals surface area contributed by atoms with E-state index in [9.17, 15) is 0 Å². The predicted octanol–water partition coefficient (Wildman–Crippen LogP) is 0.975. The standard InChI is InChI=1S/C12H17BNO2/c1-2-6-12(7-3-1)13-14(8-4-10-15-13)9-5-11-16-13/h1-3,6-7H,4-5,8-11H2/q-1. The molecule has 1 aromatic carbocycles. The average molecular weight is 218 g/mol. The van der Waals surface area contributed by atoms with Crippen molar-refractivity contribution in [2.24, 2.45) is 0 Å². The molecular weight excluding hydrogens is 201 g/mol. The second-order valence-corrected chi connectivity index (χ2v) is 4.57. The summed E-state index contributed by atoms with van der Waals surface area (Å²) in [7, 11) is 0. The normalized spacial score (nSPS) is 25.0. The van der Waals surface area contributed by atoms with Crippen LogP contribution in [0.15, 0.2) is 30.3 Å². The van der Waals surface area contributed by atoms with Crippen LogP contribution in [0.3, 0.4) is 0 Å². The van der Waals surface area contributed by atoms with Crippen molar-refractivity contribution >= 4 is 12.1 Å². The quantitative estimate of drug-likeness (QED) is 0.655. The molecule has 0 atom stereocenters. The van der Waals surface area contributed by atoms with Crippen molar-refractivity contribution in [1.82, 2.24) is 4.81 Å². The lowest BCUT2D eigenvalue weighted by atomic mass is 9.59. The Labute approximate surface area is 96.3 Å². The van der Waals surface area contributed by atoms with Gasteiger partial charge in [0.05, 0.1) is 0 Å². The maximum Gasteiger partial charge on any atom is 0.347 e. The van der Waals surface area contributed by atoms with Crippen LogP contribution in [0.4, 0.5) is 0 Å². The van der Waals surface area contributed by atoms with Crippen molar-refractivity contribution in [3.63, 3.8) is 0 Å². The molecule has 3 rings (SSSR count). The second kappa shape index (κ2) is 4.20. The fourth-order valence-corrected chi connectivity index (χ4v) is 2.83. The van der Waals surface area contributed by atoms with Crippen LogP contribution in [-0.2, 0) is 9.31 Å². The van der Waals surface area contributed by atoms with Gasteiger partial charge in [-0.25, -0.2) is 0 Å². The lowest BCUT2D eigenvalue weighted by Crippen LogP contribution is -2.71. The topological polar surface area (TPSA) is 21.7 Å². The first-order valence-corrected chi connectivity index (χ1v) is 6.14. The van der Waals surface area contributed by atoms with Crippen molar-refractivity contribution in [3.8, 4) is 0 Å². The molecule has 0 bridgehead atoms. The largest absolute Gasteiger partial charge is 0.551 e. The van der Waals surface area contributed by atoms with Crippen LogP contribution in [-0.4, -0.2) is 37.8 Å². The Hall–Kier alpha value is -0.835. The van der Waals surface area contributed by atoms with E-state index in [4.69, 9.17) is 9.31 Å². The van der Waals surface area contributed by atoms with Crippen molar-refractivity contribution < 1.29 is 9.31 Å². The molecule has 0 amide bonds. The van der Waals surface area contributed by atoms with Gasteiger partial charge in [0, 0.05) is 13.2 Å². The third-order valence-corrected chi connectivity index (χ3v) is 3.57.